The van der Waals surface area contributed by atoms with Gasteiger partial charge in [0, 0.05) is 17.8 Å². The molecule has 1 amide bonds. The molecule has 0 aliphatic heterocycles. The Morgan fingerprint density at radius 2 is 1.66 bits per heavy atom. The number of anilines is 3. The molecule has 0 fully saturated rings. The zero-order chi connectivity index (χ0) is 23.3. The van der Waals surface area contributed by atoms with Crippen LogP contribution in [-0.2, 0) is 11.2 Å². The monoisotopic (exact) mass is 437 g/mol. The molecule has 2 aromatic carbocycles. The quantitative estimate of drug-likeness (QED) is 0.354. The molecule has 164 valence electrons. The van der Waals surface area contributed by atoms with Crippen LogP contribution >= 0.6 is 0 Å². The average Bonchev–Trinajstić information content (AvgIpc) is 2.75. The van der Waals surface area contributed by atoms with Crippen molar-refractivity contribution < 1.29 is 14.6 Å². The summed E-state index contributed by atoms with van der Waals surface area (Å²) >= 11 is 0. The molecule has 0 radical (unpaired) electrons. The van der Waals surface area contributed by atoms with Crippen molar-refractivity contribution >= 4 is 34.6 Å². The number of nitrogens with zero attached hydrogens (tertiary/aromatic N) is 4. The standard InChI is InChI=1S/C20H19N7O5/c1-12-3-4-13(2)16(9-12)23-19-18(27(31)32)20(22-11-21-19)25-24-17(28)10-14-5-7-15(8-6-14)26(29)30/h3-9,11H,10H2,1-2H3,(H,24,28)(H2,21,22,23,25). The molecule has 1 heterocycles. The van der Waals surface area contributed by atoms with Gasteiger partial charge >= 0.3 is 5.69 Å². The second kappa shape index (κ2) is 9.47. The minimum atomic E-state index is -0.654. The number of hydrogen-bond donors (Lipinski definition) is 3. The number of hydrogen-bond acceptors (Lipinski definition) is 9. The second-order valence-corrected chi connectivity index (χ2v) is 6.89. The van der Waals surface area contributed by atoms with Crippen molar-refractivity contribution in [2.45, 2.75) is 20.3 Å². The van der Waals surface area contributed by atoms with Crippen molar-refractivity contribution in [1.82, 2.24) is 15.4 Å². The summed E-state index contributed by atoms with van der Waals surface area (Å²) in [4.78, 5) is 41.2. The van der Waals surface area contributed by atoms with Gasteiger partial charge in [0.25, 0.3) is 5.69 Å². The number of nitro groups is 2. The number of carbonyl (C=O) groups is 1. The third-order valence-corrected chi connectivity index (χ3v) is 4.48. The van der Waals surface area contributed by atoms with Gasteiger partial charge in [0.2, 0.25) is 17.5 Å². The zero-order valence-electron chi connectivity index (χ0n) is 17.2. The van der Waals surface area contributed by atoms with Crippen LogP contribution in [0.4, 0.5) is 28.7 Å². The SMILES string of the molecule is Cc1ccc(C)c(Nc2ncnc(NNC(=O)Cc3ccc([N+](=O)[O-])cc3)c2[N+](=O)[O-])c1. The maximum absolute atomic E-state index is 12.2. The number of nitro benzene ring substituents is 1. The van der Waals surface area contributed by atoms with E-state index in [0.717, 1.165) is 17.5 Å². The Morgan fingerprint density at radius 1 is 0.969 bits per heavy atom. The van der Waals surface area contributed by atoms with Crippen molar-refractivity contribution in [2.75, 3.05) is 10.7 Å². The number of aryl methyl sites for hydroxylation is 2. The largest absolute Gasteiger partial charge is 0.355 e. The zero-order valence-corrected chi connectivity index (χ0v) is 17.2. The molecule has 12 nitrogen and oxygen atoms in total. The summed E-state index contributed by atoms with van der Waals surface area (Å²) in [6.07, 6.45) is 1.03. The molecule has 1 aromatic heterocycles. The fourth-order valence-electron chi connectivity index (χ4n) is 2.83. The first-order chi connectivity index (χ1) is 15.2. The minimum absolute atomic E-state index is 0.0363. The molecule has 0 saturated carbocycles. The Balaban J connectivity index is 1.74. The highest BCUT2D eigenvalue weighted by Crippen LogP contribution is 2.31. The van der Waals surface area contributed by atoms with E-state index >= 15 is 0 Å². The van der Waals surface area contributed by atoms with Gasteiger partial charge in [-0.1, -0.05) is 24.3 Å². The van der Waals surface area contributed by atoms with Crippen molar-refractivity contribution in [3.63, 3.8) is 0 Å². The number of non-ortho nitro benzene ring substituents is 1. The fraction of sp³-hybridized carbons (Fsp3) is 0.150. The second-order valence-electron chi connectivity index (χ2n) is 6.89. The Bertz CT molecular complexity index is 1180. The molecule has 0 atom stereocenters. The molecule has 3 N–H and O–H groups in total. The summed E-state index contributed by atoms with van der Waals surface area (Å²) in [6, 6.07) is 11.1. The highest BCUT2D eigenvalue weighted by Gasteiger charge is 2.24. The first-order valence-electron chi connectivity index (χ1n) is 9.36. The van der Waals surface area contributed by atoms with Crippen LogP contribution in [0.5, 0.6) is 0 Å². The van der Waals surface area contributed by atoms with Gasteiger partial charge in [0.15, 0.2) is 0 Å². The number of nitrogens with one attached hydrogen (secondary N) is 3. The summed E-state index contributed by atoms with van der Waals surface area (Å²) in [6.45, 7) is 3.75. The summed E-state index contributed by atoms with van der Waals surface area (Å²) in [5.41, 5.74) is 7.29. The van der Waals surface area contributed by atoms with Gasteiger partial charge in [0.05, 0.1) is 16.3 Å². The number of amides is 1. The van der Waals surface area contributed by atoms with Gasteiger partial charge in [-0.2, -0.15) is 0 Å². The van der Waals surface area contributed by atoms with Crippen molar-refractivity contribution in [3.05, 3.63) is 85.7 Å². The van der Waals surface area contributed by atoms with E-state index in [9.17, 15) is 25.0 Å². The molecule has 0 aliphatic carbocycles. The lowest BCUT2D eigenvalue weighted by Crippen LogP contribution is -2.31. The summed E-state index contributed by atoms with van der Waals surface area (Å²) in [5, 5.41) is 25.3. The van der Waals surface area contributed by atoms with E-state index in [2.05, 4.69) is 26.1 Å². The normalized spacial score (nSPS) is 10.3. The lowest BCUT2D eigenvalue weighted by molar-refractivity contribution is -0.384. The molecule has 32 heavy (non-hydrogen) atoms. The smallest absolute Gasteiger partial charge is 0.334 e. The molecule has 0 bridgehead atoms. The van der Waals surface area contributed by atoms with E-state index in [1.165, 1.54) is 24.3 Å². The van der Waals surface area contributed by atoms with Crippen LogP contribution in [0.2, 0.25) is 0 Å². The molecule has 12 heteroatoms. The molecule has 3 aromatic rings. The third-order valence-electron chi connectivity index (χ3n) is 4.48. The summed E-state index contributed by atoms with van der Waals surface area (Å²) < 4.78 is 0. The first-order valence-corrected chi connectivity index (χ1v) is 9.36. The van der Waals surface area contributed by atoms with E-state index in [0.29, 0.717) is 11.3 Å². The number of aromatic nitrogens is 2. The van der Waals surface area contributed by atoms with E-state index in [1.807, 2.05) is 32.0 Å². The molecule has 0 aliphatic rings. The Kier molecular flexibility index (Phi) is 6.53. The lowest BCUT2D eigenvalue weighted by Gasteiger charge is -2.12. The maximum Gasteiger partial charge on any atom is 0.355 e. The number of benzene rings is 2. The van der Waals surface area contributed by atoms with Gasteiger partial charge < -0.3 is 5.32 Å². The van der Waals surface area contributed by atoms with Gasteiger partial charge in [0.1, 0.15) is 6.33 Å². The van der Waals surface area contributed by atoms with Crippen LogP contribution in [0.25, 0.3) is 0 Å². The van der Waals surface area contributed by atoms with Crippen LogP contribution in [0.3, 0.4) is 0 Å². The van der Waals surface area contributed by atoms with Crippen molar-refractivity contribution in [2.24, 2.45) is 0 Å². The predicted molar refractivity (Wildman–Crippen MR) is 116 cm³/mol. The third kappa shape index (κ3) is 5.30. The highest BCUT2D eigenvalue weighted by atomic mass is 16.6. The molecule has 0 unspecified atom stereocenters. The van der Waals surface area contributed by atoms with Crippen molar-refractivity contribution in [3.8, 4) is 0 Å². The number of rotatable bonds is 8. The number of carbonyl (C=O) groups excluding carboxylic acids is 1. The van der Waals surface area contributed by atoms with Crippen LogP contribution in [0.15, 0.2) is 48.8 Å². The Hall–Kier alpha value is -4.61. The van der Waals surface area contributed by atoms with Gasteiger partial charge in [-0.05, 0) is 36.6 Å². The van der Waals surface area contributed by atoms with E-state index in [1.54, 1.807) is 0 Å². The summed E-state index contributed by atoms with van der Waals surface area (Å²) in [5.74, 6) is -0.753. The molecular weight excluding hydrogens is 418 g/mol. The average molecular weight is 437 g/mol. The predicted octanol–water partition coefficient (Wildman–Crippen LogP) is 3.34. The van der Waals surface area contributed by atoms with Crippen LogP contribution < -0.4 is 16.2 Å². The number of hydrazine groups is 1. The van der Waals surface area contributed by atoms with Crippen LogP contribution in [0.1, 0.15) is 16.7 Å². The Labute approximate surface area is 182 Å². The fourth-order valence-corrected chi connectivity index (χ4v) is 2.83. The summed E-state index contributed by atoms with van der Waals surface area (Å²) in [7, 11) is 0. The van der Waals surface area contributed by atoms with Crippen molar-refractivity contribution in [1.29, 1.82) is 0 Å². The highest BCUT2D eigenvalue weighted by molar-refractivity contribution is 5.81. The maximum atomic E-state index is 12.2. The Morgan fingerprint density at radius 3 is 2.31 bits per heavy atom. The van der Waals surface area contributed by atoms with Gasteiger partial charge in [-0.25, -0.2) is 9.97 Å². The molecule has 0 spiro atoms. The lowest BCUT2D eigenvalue weighted by atomic mass is 10.1. The van der Waals surface area contributed by atoms with Crippen LogP contribution in [-0.4, -0.2) is 25.7 Å². The first kappa shape index (κ1) is 22.1. The molecule has 3 rings (SSSR count). The van der Waals surface area contributed by atoms with E-state index in [4.69, 9.17) is 0 Å². The van der Waals surface area contributed by atoms with E-state index in [-0.39, 0.29) is 23.7 Å². The topological polar surface area (TPSA) is 165 Å². The minimum Gasteiger partial charge on any atom is -0.334 e. The van der Waals surface area contributed by atoms with Gasteiger partial charge in [-0.3, -0.25) is 35.9 Å². The van der Waals surface area contributed by atoms with Crippen LogP contribution in [0, 0.1) is 34.1 Å². The molecule has 0 saturated heterocycles. The van der Waals surface area contributed by atoms with Gasteiger partial charge in [-0.15, -0.1) is 0 Å². The van der Waals surface area contributed by atoms with E-state index < -0.39 is 21.4 Å². The molecular formula is C20H19N7O5.